The van der Waals surface area contributed by atoms with Crippen molar-refractivity contribution in [2.24, 2.45) is 0 Å². The van der Waals surface area contributed by atoms with Gasteiger partial charge in [0.05, 0.1) is 0 Å². The van der Waals surface area contributed by atoms with Crippen molar-refractivity contribution in [3.8, 4) is 0 Å². The van der Waals surface area contributed by atoms with E-state index in [9.17, 15) is 0 Å². The van der Waals surface area contributed by atoms with Gasteiger partial charge in [-0.1, -0.05) is 72.8 Å². The van der Waals surface area contributed by atoms with E-state index in [0.717, 1.165) is 6.42 Å². The van der Waals surface area contributed by atoms with Gasteiger partial charge in [-0.15, -0.1) is 0 Å². The molecule has 1 N–H and O–H groups in total. The molecular weight excluding hydrogens is 242 g/mol. The number of benzene rings is 3. The molecule has 0 unspecified atom stereocenters. The second-order valence-corrected chi connectivity index (χ2v) is 5.10. The van der Waals surface area contributed by atoms with Crippen molar-refractivity contribution >= 4 is 10.8 Å². The Morgan fingerprint density at radius 2 is 1.50 bits per heavy atom. The van der Waals surface area contributed by atoms with Crippen LogP contribution < -0.4 is 5.32 Å². The van der Waals surface area contributed by atoms with Gasteiger partial charge in [-0.3, -0.25) is 0 Å². The van der Waals surface area contributed by atoms with Gasteiger partial charge in [-0.25, -0.2) is 0 Å². The fourth-order valence-electron chi connectivity index (χ4n) is 2.77. The number of rotatable bonds is 4. The van der Waals surface area contributed by atoms with E-state index in [1.165, 1.54) is 21.9 Å². The molecule has 0 aliphatic carbocycles. The molecule has 0 saturated heterocycles. The minimum Gasteiger partial charge on any atom is -0.313 e. The number of likely N-dealkylation sites (N-methyl/N-ethyl adjacent to an activating group) is 1. The summed E-state index contributed by atoms with van der Waals surface area (Å²) >= 11 is 0. The molecule has 0 amide bonds. The third-order valence-corrected chi connectivity index (χ3v) is 3.83. The molecule has 0 bridgehead atoms. The molecule has 3 aromatic carbocycles. The van der Waals surface area contributed by atoms with E-state index in [4.69, 9.17) is 0 Å². The van der Waals surface area contributed by atoms with Crippen molar-refractivity contribution in [1.82, 2.24) is 5.32 Å². The Hall–Kier alpha value is -2.12. The predicted octanol–water partition coefficient (Wildman–Crippen LogP) is 4.34. The van der Waals surface area contributed by atoms with Crippen LogP contribution in [0.2, 0.25) is 0 Å². The Morgan fingerprint density at radius 3 is 2.30 bits per heavy atom. The van der Waals surface area contributed by atoms with Crippen LogP contribution in [0.25, 0.3) is 10.8 Å². The zero-order valence-electron chi connectivity index (χ0n) is 11.7. The first-order valence-electron chi connectivity index (χ1n) is 7.07. The van der Waals surface area contributed by atoms with E-state index in [-0.39, 0.29) is 0 Å². The summed E-state index contributed by atoms with van der Waals surface area (Å²) in [7, 11) is 2.04. The van der Waals surface area contributed by atoms with Crippen molar-refractivity contribution < 1.29 is 0 Å². The maximum atomic E-state index is 3.46. The Kier molecular flexibility index (Phi) is 3.80. The fourth-order valence-corrected chi connectivity index (χ4v) is 2.77. The molecule has 1 heteroatoms. The van der Waals surface area contributed by atoms with Gasteiger partial charge in [0.1, 0.15) is 0 Å². The largest absolute Gasteiger partial charge is 0.313 e. The standard InChI is InChI=1S/C19H19N/c1-20-19(14-15-8-3-2-4-9-15)18-13-7-11-16-10-5-6-12-17(16)18/h2-13,19-20H,14H2,1H3/t19-/m1/s1. The van der Waals surface area contributed by atoms with Crippen molar-refractivity contribution in [1.29, 1.82) is 0 Å². The van der Waals surface area contributed by atoms with E-state index >= 15 is 0 Å². The lowest BCUT2D eigenvalue weighted by molar-refractivity contribution is 0.596. The summed E-state index contributed by atoms with van der Waals surface area (Å²) in [5.74, 6) is 0. The van der Waals surface area contributed by atoms with E-state index in [1.54, 1.807) is 0 Å². The number of nitrogens with one attached hydrogen (secondary N) is 1. The van der Waals surface area contributed by atoms with E-state index in [2.05, 4.69) is 78.1 Å². The van der Waals surface area contributed by atoms with Gasteiger partial charge in [0, 0.05) is 6.04 Å². The van der Waals surface area contributed by atoms with Crippen molar-refractivity contribution in [3.05, 3.63) is 83.9 Å². The molecule has 0 aromatic heterocycles. The lowest BCUT2D eigenvalue weighted by Gasteiger charge is -2.19. The van der Waals surface area contributed by atoms with Crippen LogP contribution in [0.5, 0.6) is 0 Å². The Bertz CT molecular complexity index is 683. The molecular formula is C19H19N. The van der Waals surface area contributed by atoms with Crippen LogP contribution in [0, 0.1) is 0 Å². The smallest absolute Gasteiger partial charge is 0.0364 e. The Balaban J connectivity index is 1.99. The van der Waals surface area contributed by atoms with Crippen LogP contribution in [0.1, 0.15) is 17.2 Å². The first kappa shape index (κ1) is 12.9. The minimum absolute atomic E-state index is 0.337. The van der Waals surface area contributed by atoms with Crippen LogP contribution in [-0.4, -0.2) is 7.05 Å². The third-order valence-electron chi connectivity index (χ3n) is 3.83. The highest BCUT2D eigenvalue weighted by atomic mass is 14.9. The molecule has 0 radical (unpaired) electrons. The highest BCUT2D eigenvalue weighted by molar-refractivity contribution is 5.86. The summed E-state index contributed by atoms with van der Waals surface area (Å²) in [6.07, 6.45) is 1.01. The normalized spacial score (nSPS) is 12.4. The lowest BCUT2D eigenvalue weighted by Crippen LogP contribution is -2.19. The van der Waals surface area contributed by atoms with E-state index in [1.807, 2.05) is 7.05 Å². The van der Waals surface area contributed by atoms with Crippen molar-refractivity contribution in [2.45, 2.75) is 12.5 Å². The zero-order valence-corrected chi connectivity index (χ0v) is 11.7. The molecule has 0 fully saturated rings. The highest BCUT2D eigenvalue weighted by Crippen LogP contribution is 2.26. The predicted molar refractivity (Wildman–Crippen MR) is 85.9 cm³/mol. The third kappa shape index (κ3) is 2.59. The van der Waals surface area contributed by atoms with Gasteiger partial charge >= 0.3 is 0 Å². The van der Waals surface area contributed by atoms with Crippen LogP contribution in [0.3, 0.4) is 0 Å². The van der Waals surface area contributed by atoms with Gasteiger partial charge < -0.3 is 5.32 Å². The molecule has 0 spiro atoms. The minimum atomic E-state index is 0.337. The molecule has 3 rings (SSSR count). The van der Waals surface area contributed by atoms with Crippen molar-refractivity contribution in [3.63, 3.8) is 0 Å². The monoisotopic (exact) mass is 261 g/mol. The fraction of sp³-hybridized carbons (Fsp3) is 0.158. The number of fused-ring (bicyclic) bond motifs is 1. The highest BCUT2D eigenvalue weighted by Gasteiger charge is 2.12. The summed E-state index contributed by atoms with van der Waals surface area (Å²) in [4.78, 5) is 0. The molecule has 0 heterocycles. The van der Waals surface area contributed by atoms with E-state index < -0.39 is 0 Å². The summed E-state index contributed by atoms with van der Waals surface area (Å²) in [6.45, 7) is 0. The number of hydrogen-bond donors (Lipinski definition) is 1. The topological polar surface area (TPSA) is 12.0 Å². The second-order valence-electron chi connectivity index (χ2n) is 5.10. The van der Waals surface area contributed by atoms with E-state index in [0.29, 0.717) is 6.04 Å². The SMILES string of the molecule is CN[C@H](Cc1ccccc1)c1cccc2ccccc12. The molecule has 0 aliphatic rings. The maximum Gasteiger partial charge on any atom is 0.0364 e. The molecule has 1 nitrogen and oxygen atoms in total. The van der Waals surface area contributed by atoms with Gasteiger partial charge in [-0.05, 0) is 35.4 Å². The Labute approximate surface area is 120 Å². The van der Waals surface area contributed by atoms with Gasteiger partial charge in [-0.2, -0.15) is 0 Å². The van der Waals surface area contributed by atoms with Gasteiger partial charge in [0.25, 0.3) is 0 Å². The first-order valence-corrected chi connectivity index (χ1v) is 7.07. The number of hydrogen-bond acceptors (Lipinski definition) is 1. The van der Waals surface area contributed by atoms with Gasteiger partial charge in [0.15, 0.2) is 0 Å². The summed E-state index contributed by atoms with van der Waals surface area (Å²) < 4.78 is 0. The molecule has 3 aromatic rings. The quantitative estimate of drug-likeness (QED) is 0.736. The van der Waals surface area contributed by atoms with Crippen LogP contribution in [-0.2, 0) is 6.42 Å². The molecule has 0 saturated carbocycles. The van der Waals surface area contributed by atoms with Gasteiger partial charge in [0.2, 0.25) is 0 Å². The summed E-state index contributed by atoms with van der Waals surface area (Å²) in [5.41, 5.74) is 2.73. The summed E-state index contributed by atoms with van der Waals surface area (Å²) in [5, 5.41) is 6.10. The van der Waals surface area contributed by atoms with Crippen LogP contribution >= 0.6 is 0 Å². The van der Waals surface area contributed by atoms with Crippen LogP contribution in [0.15, 0.2) is 72.8 Å². The van der Waals surface area contributed by atoms with Crippen LogP contribution in [0.4, 0.5) is 0 Å². The molecule has 1 atom stereocenters. The Morgan fingerprint density at radius 1 is 0.800 bits per heavy atom. The molecule has 0 aliphatic heterocycles. The maximum absolute atomic E-state index is 3.46. The summed E-state index contributed by atoms with van der Waals surface area (Å²) in [6, 6.07) is 26.1. The zero-order chi connectivity index (χ0) is 13.8. The first-order chi connectivity index (χ1) is 9.88. The second kappa shape index (κ2) is 5.89. The average molecular weight is 261 g/mol. The van der Waals surface area contributed by atoms with Crippen molar-refractivity contribution in [2.75, 3.05) is 7.05 Å². The average Bonchev–Trinajstić information content (AvgIpc) is 2.53. The molecule has 100 valence electrons. The molecule has 20 heavy (non-hydrogen) atoms. The lowest BCUT2D eigenvalue weighted by atomic mass is 9.94.